The Kier molecular flexibility index (Phi) is 8.04. The highest BCUT2D eigenvalue weighted by atomic mass is 32.1. The van der Waals surface area contributed by atoms with Crippen molar-refractivity contribution in [1.29, 1.82) is 0 Å². The molecule has 0 aliphatic heterocycles. The number of benzene rings is 9. The Balaban J connectivity index is 1.09. The quantitative estimate of drug-likeness (QED) is 0.158. The first-order valence-corrected chi connectivity index (χ1v) is 20.2. The molecule has 268 valence electrons. The lowest BCUT2D eigenvalue weighted by molar-refractivity contribution is 1.18. The normalized spacial score (nSPS) is 11.5. The van der Waals surface area contributed by atoms with Crippen LogP contribution < -0.4 is 4.90 Å². The van der Waals surface area contributed by atoms with E-state index in [0.29, 0.717) is 0 Å². The molecule has 57 heavy (non-hydrogen) atoms. The number of fused-ring (bicyclic) bond motifs is 6. The number of hydrogen-bond acceptors (Lipinski definition) is 2. The van der Waals surface area contributed by atoms with Crippen molar-refractivity contribution in [2.24, 2.45) is 0 Å². The van der Waals surface area contributed by atoms with Crippen molar-refractivity contribution in [3.63, 3.8) is 0 Å². The Morgan fingerprint density at radius 1 is 0.298 bits per heavy atom. The number of thiophene rings is 1. The van der Waals surface area contributed by atoms with Gasteiger partial charge in [-0.3, -0.25) is 0 Å². The monoisotopic (exact) mass is 744 g/mol. The van der Waals surface area contributed by atoms with Crippen LogP contribution in [0.4, 0.5) is 17.1 Å². The molecule has 0 amide bonds. The first-order chi connectivity index (χ1) is 28.2. The summed E-state index contributed by atoms with van der Waals surface area (Å²) in [5.41, 5.74) is 14.1. The van der Waals surface area contributed by atoms with Crippen LogP contribution in [0.5, 0.6) is 0 Å². The molecule has 9 aromatic carbocycles. The number of rotatable bonds is 7. The van der Waals surface area contributed by atoms with Crippen molar-refractivity contribution in [2.45, 2.75) is 0 Å². The lowest BCUT2D eigenvalue weighted by atomic mass is 10.0. The molecule has 11 aromatic rings. The molecule has 0 saturated heterocycles. The van der Waals surface area contributed by atoms with Gasteiger partial charge in [0.2, 0.25) is 0 Å². The molecule has 0 unspecified atom stereocenters. The van der Waals surface area contributed by atoms with Crippen molar-refractivity contribution in [3.05, 3.63) is 218 Å². The van der Waals surface area contributed by atoms with Crippen molar-refractivity contribution in [1.82, 2.24) is 4.57 Å². The molecule has 0 N–H and O–H groups in total. The van der Waals surface area contributed by atoms with Crippen molar-refractivity contribution in [2.75, 3.05) is 4.90 Å². The molecule has 2 heterocycles. The molecule has 2 aromatic heterocycles. The van der Waals surface area contributed by atoms with E-state index in [4.69, 9.17) is 0 Å². The Labute approximate surface area is 335 Å². The zero-order valence-electron chi connectivity index (χ0n) is 31.1. The minimum atomic E-state index is 1.10. The third-order valence-electron chi connectivity index (χ3n) is 11.2. The van der Waals surface area contributed by atoms with E-state index in [2.05, 4.69) is 228 Å². The van der Waals surface area contributed by atoms with Gasteiger partial charge >= 0.3 is 0 Å². The molecule has 0 fully saturated rings. The highest BCUT2D eigenvalue weighted by molar-refractivity contribution is 7.25. The van der Waals surface area contributed by atoms with Gasteiger partial charge in [-0.1, -0.05) is 133 Å². The van der Waals surface area contributed by atoms with Crippen LogP contribution in [-0.2, 0) is 0 Å². The van der Waals surface area contributed by atoms with E-state index >= 15 is 0 Å². The van der Waals surface area contributed by atoms with Crippen LogP contribution in [-0.4, -0.2) is 4.57 Å². The molecule has 3 heteroatoms. The number of nitrogens with zero attached hydrogens (tertiary/aromatic N) is 2. The van der Waals surface area contributed by atoms with Crippen LogP contribution in [0.1, 0.15) is 0 Å². The molecule has 0 spiro atoms. The third-order valence-corrected chi connectivity index (χ3v) is 12.3. The maximum atomic E-state index is 2.40. The SMILES string of the molecule is c1ccc(-c2ccc(N(c3ccc(-c4ccccc4)cc3)c3ccc4c(c3)c3cc(-c5ccc6sc7ccccc7c6c5)ccc3n4-c3ccccc3)cc2)cc1. The molecule has 0 aliphatic rings. The van der Waals surface area contributed by atoms with E-state index in [0.717, 1.165) is 22.7 Å². The Hall–Kier alpha value is -7.20. The molecule has 2 nitrogen and oxygen atoms in total. The van der Waals surface area contributed by atoms with Gasteiger partial charge in [0.25, 0.3) is 0 Å². The summed E-state index contributed by atoms with van der Waals surface area (Å²) in [4.78, 5) is 2.38. The summed E-state index contributed by atoms with van der Waals surface area (Å²) in [6.07, 6.45) is 0. The van der Waals surface area contributed by atoms with Gasteiger partial charge in [0.05, 0.1) is 11.0 Å². The fraction of sp³-hybridized carbons (Fsp3) is 0. The van der Waals surface area contributed by atoms with Gasteiger partial charge < -0.3 is 9.47 Å². The van der Waals surface area contributed by atoms with Crippen molar-refractivity contribution < 1.29 is 0 Å². The summed E-state index contributed by atoms with van der Waals surface area (Å²) in [6, 6.07) is 79.4. The second kappa shape index (κ2) is 13.8. The fourth-order valence-corrected chi connectivity index (χ4v) is 9.49. The highest BCUT2D eigenvalue weighted by Gasteiger charge is 2.19. The van der Waals surface area contributed by atoms with Gasteiger partial charge in [0.15, 0.2) is 0 Å². The first-order valence-electron chi connectivity index (χ1n) is 19.4. The summed E-state index contributed by atoms with van der Waals surface area (Å²) >= 11 is 1.86. The summed E-state index contributed by atoms with van der Waals surface area (Å²) in [5.74, 6) is 0. The zero-order valence-corrected chi connectivity index (χ0v) is 31.9. The van der Waals surface area contributed by atoms with E-state index < -0.39 is 0 Å². The summed E-state index contributed by atoms with van der Waals surface area (Å²) in [6.45, 7) is 0. The largest absolute Gasteiger partial charge is 0.310 e. The Bertz CT molecular complexity index is 3120. The molecule has 11 rings (SSSR count). The minimum absolute atomic E-state index is 1.10. The fourth-order valence-electron chi connectivity index (χ4n) is 8.41. The average Bonchev–Trinajstić information content (AvgIpc) is 3.82. The van der Waals surface area contributed by atoms with Crippen LogP contribution in [0.25, 0.3) is 81.0 Å². The first kappa shape index (κ1) is 33.2. The Morgan fingerprint density at radius 3 is 1.37 bits per heavy atom. The van der Waals surface area contributed by atoms with Crippen molar-refractivity contribution in [3.8, 4) is 39.1 Å². The minimum Gasteiger partial charge on any atom is -0.310 e. The van der Waals surface area contributed by atoms with Gasteiger partial charge in [0, 0.05) is 53.7 Å². The van der Waals surface area contributed by atoms with Gasteiger partial charge in [-0.05, 0) is 118 Å². The summed E-state index contributed by atoms with van der Waals surface area (Å²) < 4.78 is 5.05. The van der Waals surface area contributed by atoms with Gasteiger partial charge in [0.1, 0.15) is 0 Å². The predicted molar refractivity (Wildman–Crippen MR) is 245 cm³/mol. The van der Waals surface area contributed by atoms with Crippen LogP contribution >= 0.6 is 11.3 Å². The van der Waals surface area contributed by atoms with Gasteiger partial charge in [-0.15, -0.1) is 11.3 Å². The standard InChI is InChI=1S/C54H36N2S/c1-4-12-37(13-5-1)39-20-26-44(27-21-39)55(45-28-22-40(23-29-45)38-14-6-2-7-15-38)46-30-32-52-49(36-46)48-34-41(24-31-51(48)56(52)43-16-8-3-9-17-43)42-25-33-54-50(35-42)47-18-10-11-19-53(47)57-54/h1-36H. The number of aromatic nitrogens is 1. The third kappa shape index (κ3) is 5.88. The van der Waals surface area contributed by atoms with Crippen LogP contribution in [0.2, 0.25) is 0 Å². The number of hydrogen-bond donors (Lipinski definition) is 0. The molecule has 0 radical (unpaired) electrons. The maximum Gasteiger partial charge on any atom is 0.0542 e. The molecular formula is C54H36N2S. The number of para-hydroxylation sites is 1. The number of anilines is 3. The molecule has 0 aliphatic carbocycles. The zero-order chi connectivity index (χ0) is 37.7. The molecule has 0 bridgehead atoms. The summed E-state index contributed by atoms with van der Waals surface area (Å²) in [7, 11) is 0. The van der Waals surface area contributed by atoms with Gasteiger partial charge in [-0.2, -0.15) is 0 Å². The average molecular weight is 745 g/mol. The van der Waals surface area contributed by atoms with E-state index in [-0.39, 0.29) is 0 Å². The highest BCUT2D eigenvalue weighted by Crippen LogP contribution is 2.42. The smallest absolute Gasteiger partial charge is 0.0542 e. The van der Waals surface area contributed by atoms with E-state index in [1.54, 1.807) is 0 Å². The van der Waals surface area contributed by atoms with E-state index in [9.17, 15) is 0 Å². The second-order valence-corrected chi connectivity index (χ2v) is 15.7. The summed E-state index contributed by atoms with van der Waals surface area (Å²) in [5, 5.41) is 5.07. The Morgan fingerprint density at radius 2 is 0.737 bits per heavy atom. The van der Waals surface area contributed by atoms with Crippen molar-refractivity contribution >= 4 is 70.4 Å². The topological polar surface area (TPSA) is 8.17 Å². The second-order valence-electron chi connectivity index (χ2n) is 14.6. The lowest BCUT2D eigenvalue weighted by Gasteiger charge is -2.26. The van der Waals surface area contributed by atoms with Crippen LogP contribution in [0.3, 0.4) is 0 Å². The molecule has 0 saturated carbocycles. The lowest BCUT2D eigenvalue weighted by Crippen LogP contribution is -2.10. The van der Waals surface area contributed by atoms with Crippen LogP contribution in [0.15, 0.2) is 218 Å². The van der Waals surface area contributed by atoms with E-state index in [1.165, 1.54) is 75.4 Å². The van der Waals surface area contributed by atoms with Crippen LogP contribution in [0, 0.1) is 0 Å². The van der Waals surface area contributed by atoms with E-state index in [1.807, 2.05) is 11.3 Å². The van der Waals surface area contributed by atoms with Gasteiger partial charge in [-0.25, -0.2) is 0 Å². The maximum absolute atomic E-state index is 2.40. The predicted octanol–water partition coefficient (Wildman–Crippen LogP) is 15.6. The molecule has 0 atom stereocenters. The molecular weight excluding hydrogens is 709 g/mol.